The van der Waals surface area contributed by atoms with Crippen LogP contribution in [0, 0.1) is 0 Å². The van der Waals surface area contributed by atoms with E-state index in [4.69, 9.17) is 4.74 Å². The fraction of sp³-hybridized carbons (Fsp3) is 0.389. The van der Waals surface area contributed by atoms with Crippen molar-refractivity contribution in [3.05, 3.63) is 48.3 Å². The molecule has 0 atom stereocenters. The zero-order valence-electron chi connectivity index (χ0n) is 14.3. The van der Waals surface area contributed by atoms with Gasteiger partial charge in [-0.1, -0.05) is 6.07 Å². The van der Waals surface area contributed by atoms with E-state index in [1.54, 1.807) is 6.07 Å². The van der Waals surface area contributed by atoms with Crippen molar-refractivity contribution >= 4 is 5.96 Å². The lowest BCUT2D eigenvalue weighted by Crippen LogP contribution is -2.38. The monoisotopic (exact) mass is 330 g/mol. The Hall–Kier alpha value is -2.63. The molecule has 0 saturated carbocycles. The van der Waals surface area contributed by atoms with Crippen molar-refractivity contribution in [3.63, 3.8) is 0 Å². The largest absolute Gasteiger partial charge is 0.504 e. The molecule has 1 aromatic heterocycles. The lowest BCUT2D eigenvalue weighted by atomic mass is 10.2. The van der Waals surface area contributed by atoms with Crippen LogP contribution in [0.2, 0.25) is 0 Å². The smallest absolute Gasteiger partial charge is 0.191 e. The number of phenols is 1. The van der Waals surface area contributed by atoms with Gasteiger partial charge in [0.25, 0.3) is 0 Å². The average molecular weight is 330 g/mol. The molecule has 1 aromatic carbocycles. The van der Waals surface area contributed by atoms with Crippen molar-refractivity contribution in [1.29, 1.82) is 0 Å². The average Bonchev–Trinajstić information content (AvgIpc) is 3.09. The molecule has 130 valence electrons. The van der Waals surface area contributed by atoms with Crippen LogP contribution in [0.1, 0.15) is 19.4 Å². The van der Waals surface area contributed by atoms with E-state index in [0.717, 1.165) is 31.2 Å². The highest BCUT2D eigenvalue weighted by atomic mass is 16.5. The summed E-state index contributed by atoms with van der Waals surface area (Å²) in [6, 6.07) is 9.35. The Kier molecular flexibility index (Phi) is 7.01. The first kappa shape index (κ1) is 17.7. The molecule has 2 aromatic rings. The molecule has 1 heterocycles. The van der Waals surface area contributed by atoms with Crippen LogP contribution in [0.15, 0.2) is 47.7 Å². The number of hydrogen-bond acceptors (Lipinski definition) is 3. The second-order valence-electron chi connectivity index (χ2n) is 5.28. The molecule has 24 heavy (non-hydrogen) atoms. The van der Waals surface area contributed by atoms with Gasteiger partial charge in [-0.3, -0.25) is 0 Å². The number of aliphatic imine (C=N–C) groups is 1. The van der Waals surface area contributed by atoms with Crippen LogP contribution >= 0.6 is 0 Å². The summed E-state index contributed by atoms with van der Waals surface area (Å²) >= 11 is 0. The molecule has 0 amide bonds. The van der Waals surface area contributed by atoms with Gasteiger partial charge < -0.3 is 25.0 Å². The highest BCUT2D eigenvalue weighted by molar-refractivity contribution is 5.79. The Balaban J connectivity index is 1.93. The Morgan fingerprint density at radius 2 is 2.00 bits per heavy atom. The van der Waals surface area contributed by atoms with E-state index in [1.807, 2.05) is 50.5 Å². The number of rotatable bonds is 8. The maximum atomic E-state index is 9.75. The van der Waals surface area contributed by atoms with Gasteiger partial charge in [0, 0.05) is 32.0 Å². The van der Waals surface area contributed by atoms with Crippen LogP contribution < -0.4 is 15.4 Å². The van der Waals surface area contributed by atoms with E-state index in [2.05, 4.69) is 20.2 Å². The topological polar surface area (TPSA) is 70.8 Å². The number of nitrogens with one attached hydrogen (secondary N) is 2. The first-order chi connectivity index (χ1) is 11.7. The number of ether oxygens (including phenoxy) is 1. The third kappa shape index (κ3) is 5.53. The molecule has 0 aliphatic heterocycles. The number of hydrogen-bond donors (Lipinski definition) is 3. The molecule has 0 radical (unpaired) electrons. The Morgan fingerprint density at radius 3 is 2.71 bits per heavy atom. The van der Waals surface area contributed by atoms with Gasteiger partial charge in [0.1, 0.15) is 0 Å². The van der Waals surface area contributed by atoms with E-state index in [1.165, 1.54) is 0 Å². The molecule has 0 fully saturated rings. The summed E-state index contributed by atoms with van der Waals surface area (Å²) in [5.74, 6) is 1.42. The zero-order chi connectivity index (χ0) is 17.2. The zero-order valence-corrected chi connectivity index (χ0v) is 14.3. The number of aromatic nitrogens is 1. The number of aromatic hydroxyl groups is 1. The van der Waals surface area contributed by atoms with Crippen LogP contribution in [0.3, 0.4) is 0 Å². The lowest BCUT2D eigenvalue weighted by Gasteiger charge is -2.12. The minimum absolute atomic E-state index is 0.154. The third-order valence-electron chi connectivity index (χ3n) is 3.42. The van der Waals surface area contributed by atoms with E-state index < -0.39 is 0 Å². The predicted octanol–water partition coefficient (Wildman–Crippen LogP) is 2.35. The van der Waals surface area contributed by atoms with Gasteiger partial charge in [-0.05, 0) is 43.7 Å². The Bertz CT molecular complexity index is 638. The van der Waals surface area contributed by atoms with E-state index in [-0.39, 0.29) is 5.75 Å². The molecule has 0 unspecified atom stereocenters. The lowest BCUT2D eigenvalue weighted by molar-refractivity contribution is 0.318. The van der Waals surface area contributed by atoms with Crippen LogP contribution in [0.25, 0.3) is 0 Å². The van der Waals surface area contributed by atoms with Crippen LogP contribution in [-0.2, 0) is 13.1 Å². The fourth-order valence-corrected chi connectivity index (χ4v) is 2.26. The molecule has 0 saturated heterocycles. The molecule has 0 aliphatic carbocycles. The summed E-state index contributed by atoms with van der Waals surface area (Å²) in [6.07, 6.45) is 4.08. The standard InChI is InChI=1S/C18H26N4O2/c1-3-19-18(20-9-12-22-10-5-6-11-22)21-14-15-7-8-16(23)17(13-15)24-4-2/h5-8,10-11,13,23H,3-4,9,12,14H2,1-2H3,(H2,19,20,21). The minimum Gasteiger partial charge on any atom is -0.504 e. The van der Waals surface area contributed by atoms with E-state index in [0.29, 0.717) is 18.9 Å². The van der Waals surface area contributed by atoms with Gasteiger partial charge in [0.2, 0.25) is 0 Å². The van der Waals surface area contributed by atoms with Crippen LogP contribution in [0.4, 0.5) is 0 Å². The summed E-state index contributed by atoms with van der Waals surface area (Å²) in [5.41, 5.74) is 0.985. The second-order valence-corrected chi connectivity index (χ2v) is 5.28. The van der Waals surface area contributed by atoms with Gasteiger partial charge in [0.05, 0.1) is 13.2 Å². The normalized spacial score (nSPS) is 11.3. The van der Waals surface area contributed by atoms with Crippen LogP contribution in [-0.4, -0.2) is 35.3 Å². The van der Waals surface area contributed by atoms with Crippen molar-refractivity contribution in [2.75, 3.05) is 19.7 Å². The summed E-state index contributed by atoms with van der Waals surface area (Å²) < 4.78 is 7.52. The minimum atomic E-state index is 0.154. The Morgan fingerprint density at radius 1 is 1.21 bits per heavy atom. The van der Waals surface area contributed by atoms with Crippen molar-refractivity contribution in [3.8, 4) is 11.5 Å². The van der Waals surface area contributed by atoms with Crippen LogP contribution in [0.5, 0.6) is 11.5 Å². The maximum absolute atomic E-state index is 9.75. The maximum Gasteiger partial charge on any atom is 0.191 e. The third-order valence-corrected chi connectivity index (χ3v) is 3.42. The quantitative estimate of drug-likeness (QED) is 0.513. The second kappa shape index (κ2) is 9.50. The van der Waals surface area contributed by atoms with E-state index >= 15 is 0 Å². The molecule has 0 bridgehead atoms. The number of benzene rings is 1. The summed E-state index contributed by atoms with van der Waals surface area (Å²) in [4.78, 5) is 4.58. The van der Waals surface area contributed by atoms with E-state index in [9.17, 15) is 5.11 Å². The number of nitrogens with zero attached hydrogens (tertiary/aromatic N) is 2. The molecule has 0 aliphatic rings. The van der Waals surface area contributed by atoms with Crippen molar-refractivity contribution in [2.24, 2.45) is 4.99 Å². The molecule has 6 heteroatoms. The van der Waals surface area contributed by atoms with Crippen molar-refractivity contribution in [1.82, 2.24) is 15.2 Å². The van der Waals surface area contributed by atoms with Gasteiger partial charge in [-0.25, -0.2) is 4.99 Å². The predicted molar refractivity (Wildman–Crippen MR) is 96.5 cm³/mol. The highest BCUT2D eigenvalue weighted by Gasteiger charge is 2.04. The van der Waals surface area contributed by atoms with Crippen molar-refractivity contribution < 1.29 is 9.84 Å². The molecular formula is C18H26N4O2. The number of phenolic OH excluding ortho intramolecular Hbond substituents is 1. The molecule has 2 rings (SSSR count). The summed E-state index contributed by atoms with van der Waals surface area (Å²) in [5, 5.41) is 16.3. The molecule has 6 nitrogen and oxygen atoms in total. The molecule has 3 N–H and O–H groups in total. The first-order valence-corrected chi connectivity index (χ1v) is 8.30. The number of guanidine groups is 1. The summed E-state index contributed by atoms with van der Waals surface area (Å²) in [6.45, 7) is 7.43. The van der Waals surface area contributed by atoms with Gasteiger partial charge >= 0.3 is 0 Å². The summed E-state index contributed by atoms with van der Waals surface area (Å²) in [7, 11) is 0. The first-order valence-electron chi connectivity index (χ1n) is 8.30. The Labute approximate surface area is 143 Å². The molecular weight excluding hydrogens is 304 g/mol. The van der Waals surface area contributed by atoms with Gasteiger partial charge in [-0.15, -0.1) is 0 Å². The SMILES string of the molecule is CCNC(=NCc1ccc(O)c(OCC)c1)NCCn1cccc1. The van der Waals surface area contributed by atoms with Gasteiger partial charge in [-0.2, -0.15) is 0 Å². The fourth-order valence-electron chi connectivity index (χ4n) is 2.26. The molecule has 0 spiro atoms. The van der Waals surface area contributed by atoms with Gasteiger partial charge in [0.15, 0.2) is 17.5 Å². The van der Waals surface area contributed by atoms with Crippen molar-refractivity contribution in [2.45, 2.75) is 26.9 Å². The highest BCUT2D eigenvalue weighted by Crippen LogP contribution is 2.26.